The van der Waals surface area contributed by atoms with Crippen LogP contribution < -0.4 is 0 Å². The third-order valence-electron chi connectivity index (χ3n) is 1.57. The average Bonchev–Trinajstić information content (AvgIpc) is 2.09. The molecule has 0 saturated carbocycles. The van der Waals surface area contributed by atoms with E-state index in [9.17, 15) is 4.79 Å². The van der Waals surface area contributed by atoms with Crippen molar-refractivity contribution >= 4 is 5.97 Å². The molecule has 13 heavy (non-hydrogen) atoms. The Morgan fingerprint density at radius 3 is 2.69 bits per heavy atom. The lowest BCUT2D eigenvalue weighted by molar-refractivity contribution is -0.144. The van der Waals surface area contributed by atoms with Crippen molar-refractivity contribution in [1.29, 1.82) is 0 Å². The summed E-state index contributed by atoms with van der Waals surface area (Å²) in [5.74, 6) is 0.359. The maximum atomic E-state index is 11.1. The maximum Gasteiger partial charge on any atom is 0.305 e. The van der Waals surface area contributed by atoms with Crippen molar-refractivity contribution < 1.29 is 9.53 Å². The Balaban J connectivity index is 3.30. The van der Waals surface area contributed by atoms with Gasteiger partial charge in [0.2, 0.25) is 0 Å². The molecule has 0 saturated heterocycles. The molecule has 2 heteroatoms. The standard InChI is InChI=1S/C11H20O2/c1-4-5-6-7-8-11(12)13-9-10(2)3/h4-5,10H,6-9H2,1-3H3/b5-4+. The van der Waals surface area contributed by atoms with Crippen LogP contribution in [0.1, 0.15) is 40.0 Å². The molecule has 0 fully saturated rings. The Morgan fingerprint density at radius 2 is 2.15 bits per heavy atom. The van der Waals surface area contributed by atoms with Crippen molar-refractivity contribution in [2.75, 3.05) is 6.61 Å². The summed E-state index contributed by atoms with van der Waals surface area (Å²) < 4.78 is 5.02. The molecule has 0 rings (SSSR count). The quantitative estimate of drug-likeness (QED) is 0.360. The first kappa shape index (κ1) is 12.2. The van der Waals surface area contributed by atoms with Gasteiger partial charge in [0.25, 0.3) is 0 Å². The molecule has 0 atom stereocenters. The summed E-state index contributed by atoms with van der Waals surface area (Å²) in [7, 11) is 0. The molecule has 0 bridgehead atoms. The topological polar surface area (TPSA) is 26.3 Å². The second-order valence-electron chi connectivity index (χ2n) is 3.54. The average molecular weight is 184 g/mol. The third-order valence-corrected chi connectivity index (χ3v) is 1.57. The number of hydrogen-bond donors (Lipinski definition) is 0. The Kier molecular flexibility index (Phi) is 7.36. The zero-order valence-corrected chi connectivity index (χ0v) is 8.88. The molecule has 0 amide bonds. The van der Waals surface area contributed by atoms with E-state index in [0.29, 0.717) is 18.9 Å². The number of esters is 1. The van der Waals surface area contributed by atoms with Gasteiger partial charge in [-0.3, -0.25) is 4.79 Å². The lowest BCUT2D eigenvalue weighted by atomic mass is 10.2. The van der Waals surface area contributed by atoms with Gasteiger partial charge in [0, 0.05) is 6.42 Å². The van der Waals surface area contributed by atoms with Gasteiger partial charge in [0.15, 0.2) is 0 Å². The highest BCUT2D eigenvalue weighted by Crippen LogP contribution is 2.00. The Labute approximate surface area is 81.0 Å². The number of hydrogen-bond acceptors (Lipinski definition) is 2. The molecular weight excluding hydrogens is 164 g/mol. The van der Waals surface area contributed by atoms with Gasteiger partial charge < -0.3 is 4.74 Å². The summed E-state index contributed by atoms with van der Waals surface area (Å²) >= 11 is 0. The van der Waals surface area contributed by atoms with E-state index in [2.05, 4.69) is 6.08 Å². The summed E-state index contributed by atoms with van der Waals surface area (Å²) in [6.07, 6.45) is 6.46. The molecule has 0 aromatic carbocycles. The summed E-state index contributed by atoms with van der Waals surface area (Å²) in [6, 6.07) is 0. The Morgan fingerprint density at radius 1 is 1.46 bits per heavy atom. The van der Waals surface area contributed by atoms with Gasteiger partial charge in [0.05, 0.1) is 6.61 Å². The fraction of sp³-hybridized carbons (Fsp3) is 0.727. The van der Waals surface area contributed by atoms with E-state index in [1.165, 1.54) is 0 Å². The second-order valence-corrected chi connectivity index (χ2v) is 3.54. The number of carbonyl (C=O) groups is 1. The Hall–Kier alpha value is -0.790. The summed E-state index contributed by atoms with van der Waals surface area (Å²) in [4.78, 5) is 11.1. The van der Waals surface area contributed by atoms with Crippen molar-refractivity contribution in [3.05, 3.63) is 12.2 Å². The van der Waals surface area contributed by atoms with Crippen LogP contribution in [0.15, 0.2) is 12.2 Å². The SMILES string of the molecule is C/C=C/CCCC(=O)OCC(C)C. The predicted octanol–water partition coefficient (Wildman–Crippen LogP) is 2.93. The minimum absolute atomic E-state index is 0.0711. The normalized spacial score (nSPS) is 11.1. The number of ether oxygens (including phenoxy) is 1. The largest absolute Gasteiger partial charge is 0.465 e. The molecule has 0 aliphatic rings. The number of allylic oxidation sites excluding steroid dienone is 2. The zero-order chi connectivity index (χ0) is 10.1. The van der Waals surface area contributed by atoms with Gasteiger partial charge in [-0.05, 0) is 25.7 Å². The lowest BCUT2D eigenvalue weighted by Crippen LogP contribution is -2.09. The monoisotopic (exact) mass is 184 g/mol. The van der Waals surface area contributed by atoms with E-state index in [0.717, 1.165) is 12.8 Å². The van der Waals surface area contributed by atoms with Crippen molar-refractivity contribution in [2.24, 2.45) is 5.92 Å². The first-order chi connectivity index (χ1) is 6.16. The van der Waals surface area contributed by atoms with Crippen molar-refractivity contribution in [1.82, 2.24) is 0 Å². The smallest absolute Gasteiger partial charge is 0.305 e. The minimum Gasteiger partial charge on any atom is -0.465 e. The molecular formula is C11H20O2. The molecule has 0 spiro atoms. The number of carbonyl (C=O) groups excluding carboxylic acids is 1. The van der Waals surface area contributed by atoms with Crippen LogP contribution in [-0.4, -0.2) is 12.6 Å². The van der Waals surface area contributed by atoms with E-state index < -0.39 is 0 Å². The lowest BCUT2D eigenvalue weighted by Gasteiger charge is -2.05. The summed E-state index contributed by atoms with van der Waals surface area (Å²) in [5, 5.41) is 0. The maximum absolute atomic E-state index is 11.1. The first-order valence-corrected chi connectivity index (χ1v) is 4.93. The molecule has 0 aromatic rings. The van der Waals surface area contributed by atoms with Gasteiger partial charge in [-0.1, -0.05) is 26.0 Å². The number of rotatable bonds is 6. The molecule has 0 aliphatic carbocycles. The van der Waals surface area contributed by atoms with Gasteiger partial charge in [-0.25, -0.2) is 0 Å². The molecule has 0 aromatic heterocycles. The zero-order valence-electron chi connectivity index (χ0n) is 8.88. The van der Waals surface area contributed by atoms with Gasteiger partial charge in [-0.2, -0.15) is 0 Å². The molecule has 76 valence electrons. The summed E-state index contributed by atoms with van der Waals surface area (Å²) in [6.45, 7) is 6.60. The van der Waals surface area contributed by atoms with Crippen LogP contribution in [0.5, 0.6) is 0 Å². The van der Waals surface area contributed by atoms with Crippen LogP contribution in [0.2, 0.25) is 0 Å². The Bertz CT molecular complexity index is 159. The third kappa shape index (κ3) is 9.12. The van der Waals surface area contributed by atoms with E-state index in [1.54, 1.807) is 0 Å². The first-order valence-electron chi connectivity index (χ1n) is 4.93. The van der Waals surface area contributed by atoms with Crippen LogP contribution in [0, 0.1) is 5.92 Å². The molecule has 0 heterocycles. The molecule has 0 aliphatic heterocycles. The van der Waals surface area contributed by atoms with Gasteiger partial charge in [0.1, 0.15) is 0 Å². The molecule has 0 N–H and O–H groups in total. The van der Waals surface area contributed by atoms with Crippen molar-refractivity contribution in [3.63, 3.8) is 0 Å². The molecule has 0 unspecified atom stereocenters. The van der Waals surface area contributed by atoms with Gasteiger partial charge in [-0.15, -0.1) is 0 Å². The van der Waals surface area contributed by atoms with Crippen molar-refractivity contribution in [3.8, 4) is 0 Å². The molecule has 2 nitrogen and oxygen atoms in total. The van der Waals surface area contributed by atoms with Gasteiger partial charge >= 0.3 is 5.97 Å². The van der Waals surface area contributed by atoms with Crippen LogP contribution in [0.25, 0.3) is 0 Å². The second kappa shape index (κ2) is 7.84. The van der Waals surface area contributed by atoms with Crippen LogP contribution >= 0.6 is 0 Å². The fourth-order valence-electron chi connectivity index (χ4n) is 0.863. The van der Waals surface area contributed by atoms with E-state index >= 15 is 0 Å². The van der Waals surface area contributed by atoms with E-state index in [4.69, 9.17) is 4.74 Å². The highest BCUT2D eigenvalue weighted by Gasteiger charge is 2.02. The van der Waals surface area contributed by atoms with Crippen LogP contribution in [0.4, 0.5) is 0 Å². The van der Waals surface area contributed by atoms with Crippen LogP contribution in [-0.2, 0) is 9.53 Å². The summed E-state index contributed by atoms with van der Waals surface area (Å²) in [5.41, 5.74) is 0. The van der Waals surface area contributed by atoms with Crippen LogP contribution in [0.3, 0.4) is 0 Å². The van der Waals surface area contributed by atoms with E-state index in [-0.39, 0.29) is 5.97 Å². The van der Waals surface area contributed by atoms with E-state index in [1.807, 2.05) is 26.8 Å². The predicted molar refractivity (Wildman–Crippen MR) is 54.5 cm³/mol. The minimum atomic E-state index is -0.0711. The number of unbranched alkanes of at least 4 members (excludes halogenated alkanes) is 1. The highest BCUT2D eigenvalue weighted by molar-refractivity contribution is 5.69. The molecule has 0 radical (unpaired) electrons. The highest BCUT2D eigenvalue weighted by atomic mass is 16.5. The van der Waals surface area contributed by atoms with Crippen molar-refractivity contribution in [2.45, 2.75) is 40.0 Å². The fourth-order valence-corrected chi connectivity index (χ4v) is 0.863.